The number of nitrogens with zero attached hydrogens (tertiary/aromatic N) is 2. The van der Waals surface area contributed by atoms with Crippen LogP contribution in [-0.4, -0.2) is 61.8 Å². The van der Waals surface area contributed by atoms with Gasteiger partial charge < -0.3 is 19.9 Å². The highest BCUT2D eigenvalue weighted by atomic mass is 16.5. The summed E-state index contributed by atoms with van der Waals surface area (Å²) in [5, 5.41) is 2.71. The van der Waals surface area contributed by atoms with E-state index in [1.807, 2.05) is 0 Å². The number of terminal acetylenes is 1. The first-order valence-electron chi connectivity index (χ1n) is 8.85. The smallest absolute Gasteiger partial charge is 0.259 e. The fourth-order valence-electron chi connectivity index (χ4n) is 2.39. The molecule has 0 saturated heterocycles. The van der Waals surface area contributed by atoms with Crippen molar-refractivity contribution in [2.75, 3.05) is 39.6 Å². The molecule has 0 spiro atoms. The van der Waals surface area contributed by atoms with Gasteiger partial charge in [0.05, 0.1) is 6.54 Å². The zero-order valence-corrected chi connectivity index (χ0v) is 16.6. The maximum atomic E-state index is 12.6. The molecular formula is C22H23N3O4. The van der Waals surface area contributed by atoms with E-state index in [1.165, 1.54) is 22.9 Å². The summed E-state index contributed by atoms with van der Waals surface area (Å²) in [5.41, 5.74) is 1.56. The molecule has 0 aromatic heterocycles. The molecule has 2 aromatic rings. The number of hydrogen-bond donors (Lipinski definition) is 1. The second kappa shape index (κ2) is 9.95. The quantitative estimate of drug-likeness (QED) is 0.728. The van der Waals surface area contributed by atoms with Crippen LogP contribution in [0.5, 0.6) is 5.75 Å². The summed E-state index contributed by atoms with van der Waals surface area (Å²) in [6.07, 6.45) is 5.35. The number of carbonyl (C=O) groups is 3. The van der Waals surface area contributed by atoms with E-state index in [9.17, 15) is 14.4 Å². The zero-order chi connectivity index (χ0) is 21.4. The highest BCUT2D eigenvalue weighted by molar-refractivity contribution is 5.99. The van der Waals surface area contributed by atoms with E-state index in [-0.39, 0.29) is 30.9 Å². The van der Waals surface area contributed by atoms with Gasteiger partial charge in [-0.2, -0.15) is 0 Å². The monoisotopic (exact) mass is 393 g/mol. The molecule has 7 heteroatoms. The topological polar surface area (TPSA) is 79.0 Å². The molecule has 0 bridgehead atoms. The first-order valence-corrected chi connectivity index (χ1v) is 8.85. The number of benzene rings is 2. The van der Waals surface area contributed by atoms with Crippen molar-refractivity contribution < 1.29 is 19.1 Å². The summed E-state index contributed by atoms with van der Waals surface area (Å²) in [6.45, 7) is -0.261. The van der Waals surface area contributed by atoms with Gasteiger partial charge in [0.15, 0.2) is 6.61 Å². The Morgan fingerprint density at radius 2 is 1.79 bits per heavy atom. The Kier molecular flexibility index (Phi) is 7.38. The molecule has 0 aliphatic carbocycles. The Labute approximate surface area is 170 Å². The number of nitrogens with one attached hydrogen (secondary N) is 1. The largest absolute Gasteiger partial charge is 0.484 e. The minimum Gasteiger partial charge on any atom is -0.484 e. The van der Waals surface area contributed by atoms with Crippen molar-refractivity contribution in [1.82, 2.24) is 9.80 Å². The van der Waals surface area contributed by atoms with Crippen LogP contribution in [0, 0.1) is 12.3 Å². The van der Waals surface area contributed by atoms with Crippen molar-refractivity contribution in [2.24, 2.45) is 0 Å². The van der Waals surface area contributed by atoms with Crippen molar-refractivity contribution in [1.29, 1.82) is 0 Å². The first kappa shape index (κ1) is 21.5. The second-order valence-electron chi connectivity index (χ2n) is 6.54. The Morgan fingerprint density at radius 1 is 1.07 bits per heavy atom. The normalized spacial score (nSPS) is 9.86. The van der Waals surface area contributed by atoms with Crippen LogP contribution in [0.2, 0.25) is 0 Å². The Bertz CT molecular complexity index is 947. The lowest BCUT2D eigenvalue weighted by Crippen LogP contribution is -2.35. The molecule has 0 aliphatic rings. The van der Waals surface area contributed by atoms with Gasteiger partial charge in [-0.1, -0.05) is 18.1 Å². The van der Waals surface area contributed by atoms with Crippen LogP contribution < -0.4 is 10.1 Å². The number of hydrogen-bond acceptors (Lipinski definition) is 4. The summed E-state index contributed by atoms with van der Waals surface area (Å²) >= 11 is 0. The molecule has 29 heavy (non-hydrogen) atoms. The fourth-order valence-corrected chi connectivity index (χ4v) is 2.39. The van der Waals surface area contributed by atoms with E-state index < -0.39 is 0 Å². The predicted octanol–water partition coefficient (Wildman–Crippen LogP) is 1.85. The highest BCUT2D eigenvalue weighted by Gasteiger charge is 2.16. The minimum atomic E-state index is -0.348. The van der Waals surface area contributed by atoms with Gasteiger partial charge in [0, 0.05) is 38.0 Å². The molecular weight excluding hydrogens is 370 g/mol. The Morgan fingerprint density at radius 3 is 2.48 bits per heavy atom. The van der Waals surface area contributed by atoms with E-state index in [0.717, 1.165) is 0 Å². The lowest BCUT2D eigenvalue weighted by atomic mass is 10.2. The molecule has 2 rings (SSSR count). The van der Waals surface area contributed by atoms with Crippen molar-refractivity contribution in [2.45, 2.75) is 0 Å². The lowest BCUT2D eigenvalue weighted by molar-refractivity contribution is -0.130. The molecule has 0 saturated carbocycles. The molecule has 1 N–H and O–H groups in total. The first-order chi connectivity index (χ1) is 13.8. The van der Waals surface area contributed by atoms with Crippen LogP contribution >= 0.6 is 0 Å². The SMILES string of the molecule is C#Cc1cccc(NC(=O)CN(C)C(=O)c2cccc(OCC(=O)N(C)C)c2)c1. The Balaban J connectivity index is 1.97. The maximum Gasteiger partial charge on any atom is 0.259 e. The van der Waals surface area contributed by atoms with Gasteiger partial charge in [-0.25, -0.2) is 0 Å². The number of anilines is 1. The molecule has 0 fully saturated rings. The Hall–Kier alpha value is -3.79. The molecule has 3 amide bonds. The van der Waals surface area contributed by atoms with Crippen molar-refractivity contribution in [3.8, 4) is 18.1 Å². The molecule has 0 aliphatic heterocycles. The molecule has 2 aromatic carbocycles. The minimum absolute atomic E-state index is 0.125. The third-order valence-electron chi connectivity index (χ3n) is 3.98. The van der Waals surface area contributed by atoms with Crippen molar-refractivity contribution in [3.05, 3.63) is 59.7 Å². The van der Waals surface area contributed by atoms with Crippen LogP contribution in [0.1, 0.15) is 15.9 Å². The summed E-state index contributed by atoms with van der Waals surface area (Å²) < 4.78 is 5.42. The van der Waals surface area contributed by atoms with E-state index >= 15 is 0 Å². The molecule has 0 unspecified atom stereocenters. The second-order valence-corrected chi connectivity index (χ2v) is 6.54. The number of likely N-dealkylation sites (N-methyl/N-ethyl adjacent to an activating group) is 2. The van der Waals surface area contributed by atoms with E-state index in [2.05, 4.69) is 11.2 Å². The van der Waals surface area contributed by atoms with E-state index in [0.29, 0.717) is 22.6 Å². The van der Waals surface area contributed by atoms with E-state index in [4.69, 9.17) is 11.2 Å². The van der Waals surface area contributed by atoms with Crippen molar-refractivity contribution in [3.63, 3.8) is 0 Å². The van der Waals surface area contributed by atoms with Crippen LogP contribution in [0.4, 0.5) is 5.69 Å². The third kappa shape index (κ3) is 6.40. The van der Waals surface area contributed by atoms with Gasteiger partial charge in [-0.05, 0) is 36.4 Å². The van der Waals surface area contributed by atoms with Crippen LogP contribution in [-0.2, 0) is 9.59 Å². The summed E-state index contributed by atoms with van der Waals surface area (Å²) in [5.74, 6) is 2.01. The predicted molar refractivity (Wildman–Crippen MR) is 111 cm³/mol. The van der Waals surface area contributed by atoms with Crippen LogP contribution in [0.15, 0.2) is 48.5 Å². The summed E-state index contributed by atoms with van der Waals surface area (Å²) in [7, 11) is 4.80. The highest BCUT2D eigenvalue weighted by Crippen LogP contribution is 2.15. The van der Waals surface area contributed by atoms with Crippen molar-refractivity contribution >= 4 is 23.4 Å². The van der Waals surface area contributed by atoms with Gasteiger partial charge in [0.2, 0.25) is 5.91 Å². The summed E-state index contributed by atoms with van der Waals surface area (Å²) in [6, 6.07) is 13.4. The third-order valence-corrected chi connectivity index (χ3v) is 3.98. The standard InChI is InChI=1S/C22H23N3O4/c1-5-16-8-6-10-18(12-16)23-20(26)14-25(4)22(28)17-9-7-11-19(13-17)29-15-21(27)24(2)3/h1,6-13H,14-15H2,2-4H3,(H,23,26). The zero-order valence-electron chi connectivity index (χ0n) is 16.6. The number of ether oxygens (including phenoxy) is 1. The lowest BCUT2D eigenvalue weighted by Gasteiger charge is -2.17. The van der Waals surface area contributed by atoms with Crippen LogP contribution in [0.25, 0.3) is 0 Å². The van der Waals surface area contributed by atoms with E-state index in [1.54, 1.807) is 56.6 Å². The average molecular weight is 393 g/mol. The fraction of sp³-hybridized carbons (Fsp3) is 0.227. The van der Waals surface area contributed by atoms with Gasteiger partial charge in [0.25, 0.3) is 11.8 Å². The van der Waals surface area contributed by atoms with Gasteiger partial charge in [-0.3, -0.25) is 14.4 Å². The van der Waals surface area contributed by atoms with Gasteiger partial charge in [0.1, 0.15) is 5.75 Å². The number of amides is 3. The van der Waals surface area contributed by atoms with Crippen LogP contribution in [0.3, 0.4) is 0 Å². The maximum absolute atomic E-state index is 12.6. The molecule has 7 nitrogen and oxygen atoms in total. The van der Waals surface area contributed by atoms with Gasteiger partial charge >= 0.3 is 0 Å². The molecule has 0 radical (unpaired) electrons. The summed E-state index contributed by atoms with van der Waals surface area (Å²) in [4.78, 5) is 39.2. The van der Waals surface area contributed by atoms with Gasteiger partial charge in [-0.15, -0.1) is 6.42 Å². The molecule has 0 heterocycles. The number of carbonyl (C=O) groups excluding carboxylic acids is 3. The number of rotatable bonds is 7. The molecule has 0 atom stereocenters. The molecule has 150 valence electrons. The average Bonchev–Trinajstić information content (AvgIpc) is 2.71.